The highest BCUT2D eigenvalue weighted by molar-refractivity contribution is 6.33. The van der Waals surface area contributed by atoms with Gasteiger partial charge in [0, 0.05) is 40.5 Å². The number of allylic oxidation sites excluding steroid dienone is 4. The third-order valence-corrected chi connectivity index (χ3v) is 5.78. The van der Waals surface area contributed by atoms with Crippen LogP contribution in [0.1, 0.15) is 22.3 Å². The average molecular weight is 413 g/mol. The molecular formula is C21H21ClN4O3. The van der Waals surface area contributed by atoms with Gasteiger partial charge in [0.05, 0.1) is 13.2 Å². The van der Waals surface area contributed by atoms with Gasteiger partial charge < -0.3 is 20.7 Å². The van der Waals surface area contributed by atoms with E-state index in [1.54, 1.807) is 36.3 Å². The molecule has 2 unspecified atom stereocenters. The minimum atomic E-state index is -0.342. The van der Waals surface area contributed by atoms with Crippen LogP contribution in [0.15, 0.2) is 64.1 Å². The Labute approximate surface area is 173 Å². The number of carbonyl (C=O) groups excluding carboxylic acids is 1. The first-order valence-corrected chi connectivity index (χ1v) is 9.71. The molecular weight excluding hydrogens is 392 g/mol. The van der Waals surface area contributed by atoms with Gasteiger partial charge in [-0.25, -0.2) is 0 Å². The molecule has 2 atom stereocenters. The molecule has 2 heterocycles. The summed E-state index contributed by atoms with van der Waals surface area (Å²) >= 11 is 6.51. The molecule has 3 aliphatic rings. The molecule has 3 N–H and O–H groups in total. The molecule has 1 aromatic rings. The summed E-state index contributed by atoms with van der Waals surface area (Å²) in [5, 5.41) is 6.86. The first-order valence-electron chi connectivity index (χ1n) is 9.33. The molecule has 0 radical (unpaired) electrons. The SMILES string of the molecule is COc1ccc(C(=O)N2CCC(N=O)C2)cc1C1=C(N)C2NC=CC=C2C(Cl)=C1. The van der Waals surface area contributed by atoms with Gasteiger partial charge in [0.15, 0.2) is 0 Å². The summed E-state index contributed by atoms with van der Waals surface area (Å²) in [6.45, 7) is 0.854. The molecule has 0 aromatic heterocycles. The third-order valence-electron chi connectivity index (χ3n) is 5.45. The Morgan fingerprint density at radius 1 is 1.41 bits per heavy atom. The number of benzene rings is 1. The minimum absolute atomic E-state index is 0.149. The largest absolute Gasteiger partial charge is 0.496 e. The normalized spacial score (nSPS) is 23.2. The molecule has 7 nitrogen and oxygen atoms in total. The van der Waals surface area contributed by atoms with Crippen molar-refractivity contribution >= 4 is 23.1 Å². The number of nitroso groups, excluding NO2 is 1. The number of carbonyl (C=O) groups is 1. The molecule has 1 saturated heterocycles. The fourth-order valence-electron chi connectivity index (χ4n) is 3.89. The fourth-order valence-corrected chi connectivity index (χ4v) is 4.17. The van der Waals surface area contributed by atoms with E-state index in [1.807, 2.05) is 18.4 Å². The summed E-state index contributed by atoms with van der Waals surface area (Å²) in [4.78, 5) is 25.4. The van der Waals surface area contributed by atoms with Crippen LogP contribution < -0.4 is 15.8 Å². The average Bonchev–Trinajstić information content (AvgIpc) is 3.24. The molecule has 1 aliphatic carbocycles. The van der Waals surface area contributed by atoms with Gasteiger partial charge >= 0.3 is 0 Å². The van der Waals surface area contributed by atoms with Crippen molar-refractivity contribution in [3.8, 4) is 5.75 Å². The van der Waals surface area contributed by atoms with Crippen molar-refractivity contribution in [1.29, 1.82) is 0 Å². The van der Waals surface area contributed by atoms with Gasteiger partial charge in [-0.2, -0.15) is 4.91 Å². The van der Waals surface area contributed by atoms with Crippen molar-refractivity contribution in [1.82, 2.24) is 10.2 Å². The summed E-state index contributed by atoms with van der Waals surface area (Å²) in [6, 6.07) is 4.64. The topological polar surface area (TPSA) is 97.0 Å². The summed E-state index contributed by atoms with van der Waals surface area (Å²) in [5.41, 5.74) is 9.86. The molecule has 1 fully saturated rings. The maximum atomic E-state index is 12.9. The summed E-state index contributed by atoms with van der Waals surface area (Å²) in [5.74, 6) is 0.442. The number of rotatable bonds is 4. The summed E-state index contributed by atoms with van der Waals surface area (Å²) < 4.78 is 5.52. The summed E-state index contributed by atoms with van der Waals surface area (Å²) in [6.07, 6.45) is 8.00. The number of hydrogen-bond donors (Lipinski definition) is 2. The monoisotopic (exact) mass is 412 g/mol. The number of ether oxygens (including phenoxy) is 1. The second kappa shape index (κ2) is 7.75. The van der Waals surface area contributed by atoms with Crippen molar-refractivity contribution in [3.05, 3.63) is 75.0 Å². The number of fused-ring (bicyclic) bond motifs is 1. The molecule has 0 spiro atoms. The zero-order valence-electron chi connectivity index (χ0n) is 15.9. The van der Waals surface area contributed by atoms with Crippen molar-refractivity contribution in [3.63, 3.8) is 0 Å². The number of methoxy groups -OCH3 is 1. The highest BCUT2D eigenvalue weighted by atomic mass is 35.5. The van der Waals surface area contributed by atoms with Crippen LogP contribution in [0.3, 0.4) is 0 Å². The quantitative estimate of drug-likeness (QED) is 0.741. The lowest BCUT2D eigenvalue weighted by atomic mass is 9.88. The van der Waals surface area contributed by atoms with Crippen LogP contribution in [0, 0.1) is 4.91 Å². The Balaban J connectivity index is 1.73. The Bertz CT molecular complexity index is 996. The van der Waals surface area contributed by atoms with E-state index in [0.29, 0.717) is 52.7 Å². The maximum absolute atomic E-state index is 12.9. The zero-order chi connectivity index (χ0) is 20.5. The Morgan fingerprint density at radius 2 is 2.24 bits per heavy atom. The van der Waals surface area contributed by atoms with Crippen molar-refractivity contribution in [2.24, 2.45) is 10.9 Å². The van der Waals surface area contributed by atoms with E-state index in [9.17, 15) is 9.70 Å². The van der Waals surface area contributed by atoms with E-state index < -0.39 is 0 Å². The van der Waals surface area contributed by atoms with Gasteiger partial charge in [-0.15, -0.1) is 0 Å². The van der Waals surface area contributed by atoms with Crippen LogP contribution in [0.4, 0.5) is 0 Å². The molecule has 2 aliphatic heterocycles. The molecule has 0 saturated carbocycles. The Morgan fingerprint density at radius 3 is 2.97 bits per heavy atom. The highest BCUT2D eigenvalue weighted by Crippen LogP contribution is 2.38. The maximum Gasteiger partial charge on any atom is 0.253 e. The highest BCUT2D eigenvalue weighted by Gasteiger charge is 2.30. The van der Waals surface area contributed by atoms with E-state index in [0.717, 1.165) is 5.57 Å². The van der Waals surface area contributed by atoms with Crippen LogP contribution in [-0.2, 0) is 0 Å². The van der Waals surface area contributed by atoms with Crippen LogP contribution in [0.25, 0.3) is 5.57 Å². The van der Waals surface area contributed by atoms with Crippen LogP contribution in [0.2, 0.25) is 0 Å². The molecule has 0 bridgehead atoms. The van der Waals surface area contributed by atoms with Crippen molar-refractivity contribution in [2.75, 3.05) is 20.2 Å². The number of nitrogens with one attached hydrogen (secondary N) is 1. The van der Waals surface area contributed by atoms with E-state index in [-0.39, 0.29) is 18.0 Å². The molecule has 8 heteroatoms. The molecule has 150 valence electrons. The predicted octanol–water partition coefficient (Wildman–Crippen LogP) is 2.89. The van der Waals surface area contributed by atoms with Gasteiger partial charge in [0.25, 0.3) is 5.91 Å². The van der Waals surface area contributed by atoms with E-state index in [1.165, 1.54) is 0 Å². The van der Waals surface area contributed by atoms with Gasteiger partial charge in [-0.1, -0.05) is 22.9 Å². The molecule has 1 amide bonds. The molecule has 4 rings (SSSR count). The lowest BCUT2D eigenvalue weighted by molar-refractivity contribution is 0.0791. The lowest BCUT2D eigenvalue weighted by Gasteiger charge is -2.29. The number of likely N-dealkylation sites (tertiary alicyclic amines) is 1. The van der Waals surface area contributed by atoms with Crippen LogP contribution in [-0.4, -0.2) is 43.1 Å². The van der Waals surface area contributed by atoms with E-state index in [2.05, 4.69) is 10.5 Å². The van der Waals surface area contributed by atoms with Gasteiger partial charge in [-0.3, -0.25) is 4.79 Å². The molecule has 29 heavy (non-hydrogen) atoms. The van der Waals surface area contributed by atoms with Crippen LogP contribution >= 0.6 is 11.6 Å². The summed E-state index contributed by atoms with van der Waals surface area (Å²) in [7, 11) is 1.57. The minimum Gasteiger partial charge on any atom is -0.496 e. The van der Waals surface area contributed by atoms with Gasteiger partial charge in [0.2, 0.25) is 0 Å². The van der Waals surface area contributed by atoms with E-state index >= 15 is 0 Å². The zero-order valence-corrected chi connectivity index (χ0v) is 16.6. The van der Waals surface area contributed by atoms with Crippen molar-refractivity contribution in [2.45, 2.75) is 18.5 Å². The Kier molecular flexibility index (Phi) is 5.15. The number of dihydropyridines is 1. The van der Waals surface area contributed by atoms with Crippen LogP contribution in [0.5, 0.6) is 5.75 Å². The number of nitrogens with two attached hydrogens (primary N) is 1. The van der Waals surface area contributed by atoms with Gasteiger partial charge in [-0.05, 0) is 48.5 Å². The second-order valence-corrected chi connectivity index (χ2v) is 7.56. The standard InChI is InChI=1S/C21H21ClN4O3/c1-29-18-5-4-12(21(27)26-8-6-13(11-26)25-28)9-15(18)16-10-17(22)14-3-2-7-24-20(14)19(16)23/h2-5,7,9-10,13,20,24H,6,8,11,23H2,1H3. The first kappa shape index (κ1) is 19.3. The lowest BCUT2D eigenvalue weighted by Crippen LogP contribution is -2.36. The number of amides is 1. The Hall–Kier alpha value is -3.06. The van der Waals surface area contributed by atoms with Crippen molar-refractivity contribution < 1.29 is 9.53 Å². The molecule has 1 aromatic carbocycles. The number of hydrogen-bond acceptors (Lipinski definition) is 6. The first-order chi connectivity index (χ1) is 14.0. The predicted molar refractivity (Wildman–Crippen MR) is 112 cm³/mol. The third kappa shape index (κ3) is 3.42. The van der Waals surface area contributed by atoms with E-state index in [4.69, 9.17) is 22.1 Å². The van der Waals surface area contributed by atoms with Gasteiger partial charge in [0.1, 0.15) is 11.8 Å². The number of halogens is 1. The number of nitrogens with zero attached hydrogens (tertiary/aromatic N) is 2. The smallest absolute Gasteiger partial charge is 0.253 e. The second-order valence-electron chi connectivity index (χ2n) is 7.16. The fraction of sp³-hybridized carbons (Fsp3) is 0.286.